The van der Waals surface area contributed by atoms with Gasteiger partial charge in [-0.2, -0.15) is 0 Å². The van der Waals surface area contributed by atoms with Crippen molar-refractivity contribution in [2.45, 2.75) is 32.6 Å². The fraction of sp³-hybridized carbons (Fsp3) is 0.667. The van der Waals surface area contributed by atoms with E-state index < -0.39 is 0 Å². The molecule has 3 nitrogen and oxygen atoms in total. The smallest absolute Gasteiger partial charge is 0.222 e. The van der Waals surface area contributed by atoms with Crippen molar-refractivity contribution in [3.63, 3.8) is 0 Å². The molecule has 1 aliphatic heterocycles. The first kappa shape index (κ1) is 11.6. The summed E-state index contributed by atoms with van der Waals surface area (Å²) in [5.74, 6) is 1.20. The van der Waals surface area contributed by atoms with E-state index in [1.54, 1.807) is 0 Å². The fourth-order valence-corrected chi connectivity index (χ4v) is 2.78. The van der Waals surface area contributed by atoms with Crippen LogP contribution >= 0.6 is 11.6 Å². The highest BCUT2D eigenvalue weighted by Gasteiger charge is 2.32. The summed E-state index contributed by atoms with van der Waals surface area (Å²) in [5.41, 5.74) is 2.28. The predicted molar refractivity (Wildman–Crippen MR) is 67.1 cm³/mol. The van der Waals surface area contributed by atoms with E-state index in [1.807, 2.05) is 6.20 Å². The highest BCUT2D eigenvalue weighted by atomic mass is 35.5. The Morgan fingerprint density at radius 2 is 2.19 bits per heavy atom. The number of hydrogen-bond donors (Lipinski definition) is 0. The molecule has 0 aliphatic carbocycles. The summed E-state index contributed by atoms with van der Waals surface area (Å²) in [6, 6.07) is 0. The van der Waals surface area contributed by atoms with Crippen LogP contribution in [0, 0.1) is 5.92 Å². The van der Waals surface area contributed by atoms with Gasteiger partial charge in [-0.1, -0.05) is 26.7 Å². The number of nitrogens with zero attached hydrogens (tertiary/aromatic N) is 3. The minimum absolute atomic E-state index is 0.366. The van der Waals surface area contributed by atoms with Crippen molar-refractivity contribution in [1.29, 1.82) is 0 Å². The summed E-state index contributed by atoms with van der Waals surface area (Å²) in [4.78, 5) is 10.7. The number of hydrogen-bond acceptors (Lipinski definition) is 3. The van der Waals surface area contributed by atoms with E-state index >= 15 is 0 Å². The maximum atomic E-state index is 5.89. The molecular weight excluding hydrogens is 222 g/mol. The average molecular weight is 240 g/mol. The SMILES string of the molecule is CCC(CC)C1CN(C)c2cnc(Cl)nc21. The molecule has 0 N–H and O–H groups in total. The van der Waals surface area contributed by atoms with Gasteiger partial charge in [-0.3, -0.25) is 0 Å². The van der Waals surface area contributed by atoms with E-state index in [1.165, 1.54) is 12.8 Å². The van der Waals surface area contributed by atoms with Crippen molar-refractivity contribution < 1.29 is 0 Å². The normalized spacial score (nSPS) is 19.3. The lowest BCUT2D eigenvalue weighted by Crippen LogP contribution is -2.20. The van der Waals surface area contributed by atoms with Crippen LogP contribution in [0.5, 0.6) is 0 Å². The first-order valence-corrected chi connectivity index (χ1v) is 6.28. The zero-order valence-corrected chi connectivity index (χ0v) is 10.8. The molecule has 0 aromatic carbocycles. The van der Waals surface area contributed by atoms with Gasteiger partial charge in [0, 0.05) is 19.5 Å². The zero-order valence-electron chi connectivity index (χ0n) is 10.1. The van der Waals surface area contributed by atoms with E-state index in [9.17, 15) is 0 Å². The van der Waals surface area contributed by atoms with Crippen molar-refractivity contribution in [1.82, 2.24) is 9.97 Å². The molecule has 4 heteroatoms. The Morgan fingerprint density at radius 1 is 1.50 bits per heavy atom. The Kier molecular flexibility index (Phi) is 3.33. The molecular formula is C12H18ClN3. The molecule has 0 saturated heterocycles. The molecule has 0 radical (unpaired) electrons. The Labute approximate surface area is 102 Å². The van der Waals surface area contributed by atoms with Crippen LogP contribution in [-0.2, 0) is 0 Å². The van der Waals surface area contributed by atoms with Crippen molar-refractivity contribution in [3.05, 3.63) is 17.2 Å². The highest BCUT2D eigenvalue weighted by molar-refractivity contribution is 6.28. The maximum Gasteiger partial charge on any atom is 0.222 e. The monoisotopic (exact) mass is 239 g/mol. The van der Waals surface area contributed by atoms with Crippen molar-refractivity contribution in [2.75, 3.05) is 18.5 Å². The Bertz CT molecular complexity index is 377. The molecule has 2 rings (SSSR count). The third-order valence-electron chi connectivity index (χ3n) is 3.62. The number of fused-ring (bicyclic) bond motifs is 1. The molecule has 0 saturated carbocycles. The minimum Gasteiger partial charge on any atom is -0.371 e. The lowest BCUT2D eigenvalue weighted by atomic mass is 9.86. The topological polar surface area (TPSA) is 29.0 Å². The van der Waals surface area contributed by atoms with E-state index in [-0.39, 0.29) is 0 Å². The quantitative estimate of drug-likeness (QED) is 0.759. The second kappa shape index (κ2) is 4.58. The third-order valence-corrected chi connectivity index (χ3v) is 3.80. The van der Waals surface area contributed by atoms with Crippen molar-refractivity contribution in [2.24, 2.45) is 5.92 Å². The van der Waals surface area contributed by atoms with Gasteiger partial charge in [-0.05, 0) is 17.5 Å². The summed E-state index contributed by atoms with van der Waals surface area (Å²) in [5, 5.41) is 0.366. The van der Waals surface area contributed by atoms with E-state index in [2.05, 4.69) is 35.8 Å². The summed E-state index contributed by atoms with van der Waals surface area (Å²) < 4.78 is 0. The Balaban J connectivity index is 2.37. The van der Waals surface area contributed by atoms with Crippen LogP contribution in [0.4, 0.5) is 5.69 Å². The molecule has 0 amide bonds. The summed E-state index contributed by atoms with van der Waals surface area (Å²) in [6.07, 6.45) is 4.22. The van der Waals surface area contributed by atoms with Gasteiger partial charge in [-0.25, -0.2) is 9.97 Å². The molecule has 1 atom stereocenters. The van der Waals surface area contributed by atoms with E-state index in [4.69, 9.17) is 11.6 Å². The van der Waals surface area contributed by atoms with Gasteiger partial charge in [0.1, 0.15) is 0 Å². The van der Waals surface area contributed by atoms with Crippen molar-refractivity contribution in [3.8, 4) is 0 Å². The first-order chi connectivity index (χ1) is 7.67. The number of halogens is 1. The number of anilines is 1. The summed E-state index contributed by atoms with van der Waals surface area (Å²) in [6.45, 7) is 5.53. The summed E-state index contributed by atoms with van der Waals surface area (Å²) >= 11 is 5.89. The van der Waals surface area contributed by atoms with Gasteiger partial charge >= 0.3 is 0 Å². The number of likely N-dealkylation sites (N-methyl/N-ethyl adjacent to an activating group) is 1. The van der Waals surface area contributed by atoms with Crippen molar-refractivity contribution >= 4 is 17.3 Å². The highest BCUT2D eigenvalue weighted by Crippen LogP contribution is 2.40. The zero-order chi connectivity index (χ0) is 11.7. The molecule has 1 unspecified atom stereocenters. The molecule has 0 bridgehead atoms. The largest absolute Gasteiger partial charge is 0.371 e. The van der Waals surface area contributed by atoms with Gasteiger partial charge in [0.2, 0.25) is 5.28 Å². The molecule has 0 spiro atoms. The predicted octanol–water partition coefficient (Wildman–Crippen LogP) is 3.10. The lowest BCUT2D eigenvalue weighted by molar-refractivity contribution is 0.406. The second-order valence-corrected chi connectivity index (χ2v) is 4.81. The van der Waals surface area contributed by atoms with Crippen LogP contribution in [0.15, 0.2) is 6.20 Å². The van der Waals surface area contributed by atoms with Crippen LogP contribution in [0.2, 0.25) is 5.28 Å². The van der Waals surface area contributed by atoms with Gasteiger partial charge < -0.3 is 4.90 Å². The van der Waals surface area contributed by atoms with Gasteiger partial charge in [0.15, 0.2) is 0 Å². The molecule has 16 heavy (non-hydrogen) atoms. The average Bonchev–Trinajstić information content (AvgIpc) is 2.58. The van der Waals surface area contributed by atoms with E-state index in [0.717, 1.165) is 17.9 Å². The van der Waals surface area contributed by atoms with Crippen LogP contribution in [0.3, 0.4) is 0 Å². The molecule has 1 aliphatic rings. The minimum atomic E-state index is 0.366. The molecule has 88 valence electrons. The van der Waals surface area contributed by atoms with Gasteiger partial charge in [0.25, 0.3) is 0 Å². The summed E-state index contributed by atoms with van der Waals surface area (Å²) in [7, 11) is 2.10. The third kappa shape index (κ3) is 1.88. The standard InChI is InChI=1S/C12H18ClN3/c1-4-8(5-2)9-7-16(3)10-6-14-12(13)15-11(9)10/h6,8-9H,4-5,7H2,1-3H3. The second-order valence-electron chi connectivity index (χ2n) is 4.47. The Hall–Kier alpha value is -0.830. The van der Waals surface area contributed by atoms with Gasteiger partial charge in [-0.15, -0.1) is 0 Å². The molecule has 1 aromatic heterocycles. The molecule has 0 fully saturated rings. The Morgan fingerprint density at radius 3 is 2.81 bits per heavy atom. The van der Waals surface area contributed by atoms with Crippen LogP contribution in [0.1, 0.15) is 38.3 Å². The number of aromatic nitrogens is 2. The first-order valence-electron chi connectivity index (χ1n) is 5.90. The van der Waals surface area contributed by atoms with Crippen LogP contribution in [0.25, 0.3) is 0 Å². The lowest BCUT2D eigenvalue weighted by Gasteiger charge is -2.20. The maximum absolute atomic E-state index is 5.89. The molecule has 1 aromatic rings. The number of rotatable bonds is 3. The van der Waals surface area contributed by atoms with Crippen LogP contribution in [-0.4, -0.2) is 23.6 Å². The van der Waals surface area contributed by atoms with Gasteiger partial charge in [0.05, 0.1) is 17.6 Å². The van der Waals surface area contributed by atoms with E-state index in [0.29, 0.717) is 17.1 Å². The molecule has 2 heterocycles. The van der Waals surface area contributed by atoms with Crippen LogP contribution < -0.4 is 4.90 Å². The fourth-order valence-electron chi connectivity index (χ4n) is 2.64.